The number of hydrogen-bond acceptors (Lipinski definition) is 5. The normalized spacial score (nSPS) is 15.8. The fraction of sp³-hybridized carbons (Fsp3) is 0.333. The summed E-state index contributed by atoms with van der Waals surface area (Å²) in [4.78, 5) is 47.7. The summed E-state index contributed by atoms with van der Waals surface area (Å²) in [5.41, 5.74) is -1.17. The number of ether oxygens (including phenoxy) is 1. The van der Waals surface area contributed by atoms with Crippen molar-refractivity contribution < 1.29 is 28.3 Å². The van der Waals surface area contributed by atoms with Crippen molar-refractivity contribution in [3.63, 3.8) is 0 Å². The first kappa shape index (κ1) is 18.8. The summed E-state index contributed by atoms with van der Waals surface area (Å²) in [5, 5.41) is 4.66. The largest absolute Gasteiger partial charge is 0.454 e. The van der Waals surface area contributed by atoms with E-state index in [0.29, 0.717) is 9.37 Å². The van der Waals surface area contributed by atoms with Crippen molar-refractivity contribution in [1.29, 1.82) is 0 Å². The second-order valence-corrected chi connectivity index (χ2v) is 6.70. The summed E-state index contributed by atoms with van der Waals surface area (Å²) in [6.07, 6.45) is 0. The van der Waals surface area contributed by atoms with Gasteiger partial charge >= 0.3 is 12.0 Å². The van der Waals surface area contributed by atoms with Gasteiger partial charge in [0.1, 0.15) is 17.9 Å². The second-order valence-electron chi connectivity index (χ2n) is 5.78. The van der Waals surface area contributed by atoms with Gasteiger partial charge in [-0.25, -0.2) is 9.18 Å². The number of rotatable bonds is 5. The number of amides is 4. The maximum absolute atomic E-state index is 13.6. The first-order valence-corrected chi connectivity index (χ1v) is 7.94. The van der Waals surface area contributed by atoms with Crippen molar-refractivity contribution in [3.8, 4) is 0 Å². The third-order valence-corrected chi connectivity index (χ3v) is 3.79. The van der Waals surface area contributed by atoms with Gasteiger partial charge in [0, 0.05) is 4.47 Å². The van der Waals surface area contributed by atoms with E-state index in [1.54, 1.807) is 0 Å². The predicted molar refractivity (Wildman–Crippen MR) is 88.0 cm³/mol. The number of urea groups is 1. The highest BCUT2D eigenvalue weighted by atomic mass is 79.9. The molecule has 25 heavy (non-hydrogen) atoms. The van der Waals surface area contributed by atoms with Crippen LogP contribution in [0, 0.1) is 5.82 Å². The average Bonchev–Trinajstić information content (AvgIpc) is 2.70. The number of imide groups is 1. The first-order valence-electron chi connectivity index (χ1n) is 7.15. The molecule has 1 fully saturated rings. The number of nitrogens with one attached hydrogen (secondary N) is 2. The zero-order valence-electron chi connectivity index (χ0n) is 13.4. The molecule has 0 atom stereocenters. The fourth-order valence-electron chi connectivity index (χ4n) is 2.06. The number of hydrogen-bond donors (Lipinski definition) is 2. The second kappa shape index (κ2) is 7.18. The third kappa shape index (κ3) is 4.53. The molecule has 1 aliphatic rings. The van der Waals surface area contributed by atoms with Crippen LogP contribution >= 0.6 is 15.9 Å². The van der Waals surface area contributed by atoms with Crippen LogP contribution in [-0.2, 0) is 19.1 Å². The number of halogens is 2. The number of anilines is 1. The molecule has 2 rings (SSSR count). The zero-order valence-corrected chi connectivity index (χ0v) is 15.0. The Morgan fingerprint density at radius 3 is 2.60 bits per heavy atom. The van der Waals surface area contributed by atoms with Crippen molar-refractivity contribution >= 4 is 45.4 Å². The maximum Gasteiger partial charge on any atom is 0.326 e. The molecule has 1 aromatic rings. The van der Waals surface area contributed by atoms with Gasteiger partial charge < -0.3 is 15.4 Å². The molecule has 1 aliphatic heterocycles. The minimum atomic E-state index is -1.10. The Balaban J connectivity index is 1.85. The number of nitrogens with zero attached hydrogens (tertiary/aromatic N) is 1. The minimum absolute atomic E-state index is 0.0694. The maximum atomic E-state index is 13.6. The van der Waals surface area contributed by atoms with E-state index in [-0.39, 0.29) is 5.69 Å². The Labute approximate surface area is 150 Å². The van der Waals surface area contributed by atoms with Crippen molar-refractivity contribution in [2.45, 2.75) is 19.4 Å². The Hall–Kier alpha value is -2.49. The van der Waals surface area contributed by atoms with E-state index in [4.69, 9.17) is 4.74 Å². The lowest BCUT2D eigenvalue weighted by molar-refractivity contribution is -0.150. The summed E-state index contributed by atoms with van der Waals surface area (Å²) < 4.78 is 18.8. The molecule has 2 N–H and O–H groups in total. The van der Waals surface area contributed by atoms with Gasteiger partial charge in [-0.2, -0.15) is 0 Å². The van der Waals surface area contributed by atoms with Crippen LogP contribution in [0.2, 0.25) is 0 Å². The summed E-state index contributed by atoms with van der Waals surface area (Å²) in [7, 11) is 0. The molecule has 0 saturated carbocycles. The lowest BCUT2D eigenvalue weighted by atomic mass is 10.1. The van der Waals surface area contributed by atoms with Gasteiger partial charge in [-0.05, 0) is 32.0 Å². The van der Waals surface area contributed by atoms with Crippen LogP contribution in [0.3, 0.4) is 0 Å². The third-order valence-electron chi connectivity index (χ3n) is 3.30. The van der Waals surface area contributed by atoms with Crippen LogP contribution in [0.5, 0.6) is 0 Å². The van der Waals surface area contributed by atoms with Gasteiger partial charge in [0.2, 0.25) is 0 Å². The molecule has 0 radical (unpaired) electrons. The van der Waals surface area contributed by atoms with Crippen LogP contribution in [0.1, 0.15) is 13.8 Å². The molecule has 0 unspecified atom stereocenters. The average molecular weight is 416 g/mol. The SMILES string of the molecule is CC1(C)NC(=O)N(CC(=O)OCC(=O)Nc2ccc(Br)cc2F)C1=O. The van der Waals surface area contributed by atoms with Crippen molar-refractivity contribution in [1.82, 2.24) is 10.2 Å². The van der Waals surface area contributed by atoms with Crippen molar-refractivity contribution in [3.05, 3.63) is 28.5 Å². The van der Waals surface area contributed by atoms with E-state index in [0.717, 1.165) is 0 Å². The smallest absolute Gasteiger partial charge is 0.326 e. The van der Waals surface area contributed by atoms with Crippen molar-refractivity contribution in [2.75, 3.05) is 18.5 Å². The van der Waals surface area contributed by atoms with Gasteiger partial charge in [-0.3, -0.25) is 19.3 Å². The minimum Gasteiger partial charge on any atom is -0.454 e. The molecule has 4 amide bonds. The van der Waals surface area contributed by atoms with Crippen LogP contribution in [0.4, 0.5) is 14.9 Å². The summed E-state index contributed by atoms with van der Waals surface area (Å²) in [6.45, 7) is 1.70. The van der Waals surface area contributed by atoms with E-state index >= 15 is 0 Å². The van der Waals surface area contributed by atoms with E-state index < -0.39 is 48.3 Å². The quantitative estimate of drug-likeness (QED) is 0.558. The lowest BCUT2D eigenvalue weighted by Crippen LogP contribution is -2.41. The van der Waals surface area contributed by atoms with Crippen molar-refractivity contribution in [2.24, 2.45) is 0 Å². The molecule has 0 spiro atoms. The molecule has 10 heteroatoms. The van der Waals surface area contributed by atoms with Crippen LogP contribution < -0.4 is 10.6 Å². The molecule has 134 valence electrons. The molecule has 8 nitrogen and oxygen atoms in total. The zero-order chi connectivity index (χ0) is 18.8. The highest BCUT2D eigenvalue weighted by Gasteiger charge is 2.45. The van der Waals surface area contributed by atoms with Crippen LogP contribution in [-0.4, -0.2) is 47.4 Å². The van der Waals surface area contributed by atoms with Gasteiger partial charge in [-0.1, -0.05) is 15.9 Å². The summed E-state index contributed by atoms with van der Waals surface area (Å²) >= 11 is 3.08. The molecule has 0 aliphatic carbocycles. The summed E-state index contributed by atoms with van der Waals surface area (Å²) in [6, 6.07) is 3.33. The van der Waals surface area contributed by atoms with Crippen LogP contribution in [0.15, 0.2) is 22.7 Å². The molecule has 0 bridgehead atoms. The molecule has 0 aromatic heterocycles. The van der Waals surface area contributed by atoms with Gasteiger partial charge in [0.05, 0.1) is 5.69 Å². The number of carbonyl (C=O) groups excluding carboxylic acids is 4. The Bertz CT molecular complexity index is 753. The topological polar surface area (TPSA) is 105 Å². The molecule has 1 aromatic carbocycles. The number of esters is 1. The lowest BCUT2D eigenvalue weighted by Gasteiger charge is -2.15. The van der Waals surface area contributed by atoms with E-state index in [2.05, 4.69) is 26.6 Å². The number of carbonyl (C=O) groups is 4. The molecule has 1 heterocycles. The van der Waals surface area contributed by atoms with E-state index in [9.17, 15) is 23.6 Å². The highest BCUT2D eigenvalue weighted by molar-refractivity contribution is 9.10. The first-order chi connectivity index (χ1) is 11.6. The van der Waals surface area contributed by atoms with E-state index in [1.807, 2.05) is 0 Å². The monoisotopic (exact) mass is 415 g/mol. The van der Waals surface area contributed by atoms with Crippen LogP contribution in [0.25, 0.3) is 0 Å². The summed E-state index contributed by atoms with van der Waals surface area (Å²) in [5.74, 6) is -2.92. The van der Waals surface area contributed by atoms with Gasteiger partial charge in [0.25, 0.3) is 11.8 Å². The highest BCUT2D eigenvalue weighted by Crippen LogP contribution is 2.19. The molecule has 1 saturated heterocycles. The Morgan fingerprint density at radius 2 is 2.04 bits per heavy atom. The fourth-order valence-corrected chi connectivity index (χ4v) is 2.39. The van der Waals surface area contributed by atoms with E-state index in [1.165, 1.54) is 32.0 Å². The number of benzene rings is 1. The Morgan fingerprint density at radius 1 is 1.36 bits per heavy atom. The molecular weight excluding hydrogens is 401 g/mol. The predicted octanol–water partition coefficient (Wildman–Crippen LogP) is 1.40. The molecular formula is C15H15BrFN3O5. The Kier molecular flexibility index (Phi) is 5.41. The van der Waals surface area contributed by atoms with Gasteiger partial charge in [0.15, 0.2) is 6.61 Å². The van der Waals surface area contributed by atoms with Gasteiger partial charge in [-0.15, -0.1) is 0 Å². The standard InChI is InChI=1S/C15H15BrFN3O5/c1-15(2)13(23)20(14(24)19-15)6-12(22)25-7-11(21)18-10-4-3-8(16)5-9(10)17/h3-5H,6-7H2,1-2H3,(H,18,21)(H,19,24).